The van der Waals surface area contributed by atoms with Gasteiger partial charge in [0, 0.05) is 35.1 Å². The fourth-order valence-corrected chi connectivity index (χ4v) is 3.44. The van der Waals surface area contributed by atoms with Crippen LogP contribution in [0.2, 0.25) is 0 Å². The number of aryl methyl sites for hydroxylation is 1. The van der Waals surface area contributed by atoms with Crippen molar-refractivity contribution in [2.75, 3.05) is 18.5 Å². The number of rotatable bonds is 5. The molecule has 0 bridgehead atoms. The third-order valence-electron chi connectivity index (χ3n) is 5.05. The third kappa shape index (κ3) is 4.77. The highest BCUT2D eigenvalue weighted by Gasteiger charge is 2.14. The first kappa shape index (κ1) is 20.5. The minimum Gasteiger partial charge on any atom is -0.486 e. The van der Waals surface area contributed by atoms with Gasteiger partial charge in [-0.2, -0.15) is 4.98 Å². The molecule has 1 aromatic heterocycles. The van der Waals surface area contributed by atoms with E-state index in [1.54, 1.807) is 54.7 Å². The largest absolute Gasteiger partial charge is 0.486 e. The molecule has 0 spiro atoms. The number of amides is 1. The topological polar surface area (TPSA) is 82.6 Å². The smallest absolute Gasteiger partial charge is 0.255 e. The Bertz CT molecular complexity index is 1310. The monoisotopic (exact) mass is 439 g/mol. The molecule has 0 atom stereocenters. The lowest BCUT2D eigenvalue weighted by molar-refractivity contribution is 0.102. The minimum atomic E-state index is -0.234. The van der Waals surface area contributed by atoms with E-state index in [0.29, 0.717) is 53.4 Å². The Morgan fingerprint density at radius 3 is 2.58 bits per heavy atom. The zero-order valence-electron chi connectivity index (χ0n) is 17.9. The molecule has 33 heavy (non-hydrogen) atoms. The summed E-state index contributed by atoms with van der Waals surface area (Å²) in [7, 11) is 0. The van der Waals surface area contributed by atoms with E-state index in [1.165, 1.54) is 0 Å². The molecule has 1 aliphatic heterocycles. The van der Waals surface area contributed by atoms with Gasteiger partial charge in [-0.3, -0.25) is 4.79 Å². The van der Waals surface area contributed by atoms with E-state index in [-0.39, 0.29) is 5.91 Å². The van der Waals surface area contributed by atoms with Crippen LogP contribution < -0.4 is 19.5 Å². The van der Waals surface area contributed by atoms with E-state index < -0.39 is 0 Å². The fraction of sp³-hybridized carbons (Fsp3) is 0.115. The van der Waals surface area contributed by atoms with Crippen LogP contribution in [0.25, 0.3) is 11.4 Å². The second kappa shape index (κ2) is 9.00. The lowest BCUT2D eigenvalue weighted by atomic mass is 10.1. The summed E-state index contributed by atoms with van der Waals surface area (Å²) in [4.78, 5) is 21.5. The van der Waals surface area contributed by atoms with E-state index in [9.17, 15) is 4.79 Å². The van der Waals surface area contributed by atoms with Gasteiger partial charge < -0.3 is 19.5 Å². The Morgan fingerprint density at radius 1 is 0.939 bits per heavy atom. The van der Waals surface area contributed by atoms with Gasteiger partial charge in [0.2, 0.25) is 5.88 Å². The van der Waals surface area contributed by atoms with Crippen molar-refractivity contribution in [2.24, 2.45) is 0 Å². The molecule has 7 nitrogen and oxygen atoms in total. The first-order valence-electron chi connectivity index (χ1n) is 10.5. The average molecular weight is 439 g/mol. The van der Waals surface area contributed by atoms with Crippen LogP contribution in [0.5, 0.6) is 23.1 Å². The molecule has 0 radical (unpaired) electrons. The molecule has 4 aromatic rings. The molecule has 1 amide bonds. The van der Waals surface area contributed by atoms with Gasteiger partial charge in [0.05, 0.1) is 0 Å². The Morgan fingerprint density at radius 2 is 1.76 bits per heavy atom. The highest BCUT2D eigenvalue weighted by Crippen LogP contribution is 2.32. The molecule has 2 heterocycles. The van der Waals surface area contributed by atoms with Gasteiger partial charge in [0.15, 0.2) is 17.3 Å². The number of hydrogen-bond donors (Lipinski definition) is 1. The van der Waals surface area contributed by atoms with Crippen LogP contribution in [0.1, 0.15) is 15.9 Å². The minimum absolute atomic E-state index is 0.234. The van der Waals surface area contributed by atoms with Crippen molar-refractivity contribution in [3.05, 3.63) is 90.1 Å². The normalized spacial score (nSPS) is 12.2. The number of carbonyl (C=O) groups excluding carboxylic acids is 1. The molecule has 0 fully saturated rings. The summed E-state index contributed by atoms with van der Waals surface area (Å²) in [6.45, 7) is 3.04. The Labute approximate surface area is 191 Å². The van der Waals surface area contributed by atoms with Crippen molar-refractivity contribution in [1.29, 1.82) is 0 Å². The lowest BCUT2D eigenvalue weighted by Crippen LogP contribution is -2.16. The van der Waals surface area contributed by atoms with Crippen molar-refractivity contribution in [3.8, 4) is 34.5 Å². The number of aromatic nitrogens is 2. The third-order valence-corrected chi connectivity index (χ3v) is 5.05. The summed E-state index contributed by atoms with van der Waals surface area (Å²) in [6.07, 6.45) is 1.66. The highest BCUT2D eigenvalue weighted by molar-refractivity contribution is 6.04. The predicted octanol–water partition coefficient (Wildman–Crippen LogP) is 5.27. The number of nitrogens with one attached hydrogen (secondary N) is 1. The van der Waals surface area contributed by atoms with Crippen molar-refractivity contribution in [2.45, 2.75) is 6.92 Å². The molecule has 0 unspecified atom stereocenters. The number of nitrogens with zero attached hydrogens (tertiary/aromatic N) is 2. The molecule has 1 aliphatic rings. The molecule has 0 saturated carbocycles. The maximum absolute atomic E-state index is 12.6. The molecular formula is C26H21N3O4. The summed E-state index contributed by atoms with van der Waals surface area (Å²) in [5.74, 6) is 2.65. The lowest BCUT2D eigenvalue weighted by Gasteiger charge is -2.19. The van der Waals surface area contributed by atoms with Crippen LogP contribution in [0, 0.1) is 6.92 Å². The van der Waals surface area contributed by atoms with E-state index in [0.717, 1.165) is 11.1 Å². The maximum Gasteiger partial charge on any atom is 0.255 e. The maximum atomic E-state index is 12.6. The van der Waals surface area contributed by atoms with Gasteiger partial charge in [-0.25, -0.2) is 4.98 Å². The molecular weight excluding hydrogens is 418 g/mol. The number of benzene rings is 3. The van der Waals surface area contributed by atoms with Gasteiger partial charge in [0.25, 0.3) is 5.91 Å². The van der Waals surface area contributed by atoms with Crippen LogP contribution in [0.15, 0.2) is 79.0 Å². The zero-order valence-corrected chi connectivity index (χ0v) is 17.9. The fourth-order valence-electron chi connectivity index (χ4n) is 3.44. The molecule has 0 saturated heterocycles. The number of anilines is 1. The summed E-state index contributed by atoms with van der Waals surface area (Å²) >= 11 is 0. The number of carbonyl (C=O) groups is 1. The van der Waals surface area contributed by atoms with Crippen molar-refractivity contribution in [3.63, 3.8) is 0 Å². The quantitative estimate of drug-likeness (QED) is 0.456. The summed E-state index contributed by atoms with van der Waals surface area (Å²) in [5.41, 5.74) is 3.19. The van der Waals surface area contributed by atoms with Gasteiger partial charge in [0.1, 0.15) is 19.0 Å². The summed E-state index contributed by atoms with van der Waals surface area (Å²) in [6, 6.07) is 21.8. The SMILES string of the molecule is Cc1cccc(-c2nccc(Oc3ccc(C(=O)Nc4ccc5c(c4)OCCO5)cc3)n2)c1. The second-order valence-corrected chi connectivity index (χ2v) is 7.53. The molecule has 3 aromatic carbocycles. The van der Waals surface area contributed by atoms with Gasteiger partial charge in [-0.15, -0.1) is 0 Å². The van der Waals surface area contributed by atoms with Gasteiger partial charge in [-0.05, 0) is 49.4 Å². The number of fused-ring (bicyclic) bond motifs is 1. The van der Waals surface area contributed by atoms with E-state index >= 15 is 0 Å². The van der Waals surface area contributed by atoms with E-state index in [1.807, 2.05) is 31.2 Å². The summed E-state index contributed by atoms with van der Waals surface area (Å²) in [5, 5.41) is 2.87. The highest BCUT2D eigenvalue weighted by atomic mass is 16.6. The van der Waals surface area contributed by atoms with Crippen LogP contribution >= 0.6 is 0 Å². The van der Waals surface area contributed by atoms with Crippen LogP contribution in [0.3, 0.4) is 0 Å². The van der Waals surface area contributed by atoms with Crippen molar-refractivity contribution >= 4 is 11.6 Å². The summed E-state index contributed by atoms with van der Waals surface area (Å²) < 4.78 is 16.9. The zero-order chi connectivity index (χ0) is 22.6. The van der Waals surface area contributed by atoms with Crippen molar-refractivity contribution < 1.29 is 19.0 Å². The molecule has 5 rings (SSSR count). The molecule has 1 N–H and O–H groups in total. The molecule has 0 aliphatic carbocycles. The second-order valence-electron chi connectivity index (χ2n) is 7.53. The van der Waals surface area contributed by atoms with Crippen LogP contribution in [-0.4, -0.2) is 29.1 Å². The molecule has 164 valence electrons. The predicted molar refractivity (Wildman–Crippen MR) is 124 cm³/mol. The standard InChI is InChI=1S/C26H21N3O4/c1-17-3-2-4-19(15-17)25-27-12-11-24(29-25)33-21-8-5-18(6-9-21)26(30)28-20-7-10-22-23(16-20)32-14-13-31-22/h2-12,15-16H,13-14H2,1H3,(H,28,30). The van der Waals surface area contributed by atoms with Crippen LogP contribution in [-0.2, 0) is 0 Å². The first-order valence-corrected chi connectivity index (χ1v) is 10.5. The Balaban J connectivity index is 1.26. The Kier molecular flexibility index (Phi) is 5.59. The molecule has 7 heteroatoms. The van der Waals surface area contributed by atoms with E-state index in [4.69, 9.17) is 14.2 Å². The van der Waals surface area contributed by atoms with Crippen LogP contribution in [0.4, 0.5) is 5.69 Å². The number of hydrogen-bond acceptors (Lipinski definition) is 6. The number of ether oxygens (including phenoxy) is 3. The average Bonchev–Trinajstić information content (AvgIpc) is 2.84. The van der Waals surface area contributed by atoms with Crippen molar-refractivity contribution in [1.82, 2.24) is 9.97 Å². The van der Waals surface area contributed by atoms with Gasteiger partial charge >= 0.3 is 0 Å². The van der Waals surface area contributed by atoms with E-state index in [2.05, 4.69) is 15.3 Å². The Hall–Kier alpha value is -4.39. The first-order chi connectivity index (χ1) is 16.1. The van der Waals surface area contributed by atoms with Gasteiger partial charge in [-0.1, -0.05) is 23.8 Å².